The third kappa shape index (κ3) is 2.15. The van der Waals surface area contributed by atoms with Crippen molar-refractivity contribution in [3.05, 3.63) is 0 Å². The Morgan fingerprint density at radius 2 is 2.50 bits per heavy atom. The number of nitrogens with zero attached hydrogens (tertiary/aromatic N) is 1. The van der Waals surface area contributed by atoms with Gasteiger partial charge >= 0.3 is 0 Å². The van der Waals surface area contributed by atoms with E-state index in [0.717, 1.165) is 19.1 Å². The summed E-state index contributed by atoms with van der Waals surface area (Å²) in [5.41, 5.74) is 0. The molecule has 0 aliphatic carbocycles. The molecule has 1 N–H and O–H groups in total. The molecule has 0 aromatic carbocycles. The topological polar surface area (TPSA) is 15.3 Å². The molecule has 0 bridgehead atoms. The van der Waals surface area contributed by atoms with E-state index < -0.39 is 0 Å². The highest BCUT2D eigenvalue weighted by atomic mass is 32.1. The van der Waals surface area contributed by atoms with Crippen LogP contribution in [0.4, 0.5) is 0 Å². The van der Waals surface area contributed by atoms with Crippen LogP contribution in [0.25, 0.3) is 0 Å². The fourth-order valence-corrected chi connectivity index (χ4v) is 1.80. The van der Waals surface area contributed by atoms with Crippen LogP contribution in [-0.2, 0) is 0 Å². The first-order chi connectivity index (χ1) is 4.84. The van der Waals surface area contributed by atoms with Crippen molar-refractivity contribution in [3.8, 4) is 0 Å². The van der Waals surface area contributed by atoms with E-state index in [1.807, 2.05) is 7.05 Å². The Bertz CT molecular complexity index is 97.6. The van der Waals surface area contributed by atoms with E-state index in [9.17, 15) is 0 Å². The van der Waals surface area contributed by atoms with Crippen molar-refractivity contribution < 1.29 is 0 Å². The van der Waals surface area contributed by atoms with Crippen LogP contribution in [0, 0.1) is 0 Å². The Hall–Kier alpha value is 0.270. The van der Waals surface area contributed by atoms with Crippen molar-refractivity contribution in [2.75, 3.05) is 20.1 Å². The van der Waals surface area contributed by atoms with Crippen molar-refractivity contribution in [2.24, 2.45) is 0 Å². The van der Waals surface area contributed by atoms with E-state index >= 15 is 0 Å². The zero-order chi connectivity index (χ0) is 7.40. The molecule has 1 atom stereocenters. The van der Waals surface area contributed by atoms with E-state index in [2.05, 4.69) is 22.4 Å². The van der Waals surface area contributed by atoms with Gasteiger partial charge in [-0.1, -0.05) is 12.8 Å². The Morgan fingerprint density at radius 3 is 3.00 bits per heavy atom. The van der Waals surface area contributed by atoms with E-state index in [1.54, 1.807) is 0 Å². The van der Waals surface area contributed by atoms with Gasteiger partial charge in [0.1, 0.15) is 0 Å². The molecule has 2 nitrogen and oxygen atoms in total. The van der Waals surface area contributed by atoms with Gasteiger partial charge in [0, 0.05) is 12.6 Å². The molecule has 1 aliphatic rings. The summed E-state index contributed by atoms with van der Waals surface area (Å²) in [5.74, 6) is 0. The molecule has 0 aromatic rings. The second kappa shape index (κ2) is 4.21. The van der Waals surface area contributed by atoms with Gasteiger partial charge in [-0.15, -0.1) is 0 Å². The Kier molecular flexibility index (Phi) is 3.52. The zero-order valence-electron chi connectivity index (χ0n) is 6.51. The maximum absolute atomic E-state index is 4.37. The third-order valence-corrected chi connectivity index (χ3v) is 2.60. The summed E-state index contributed by atoms with van der Waals surface area (Å²) in [6, 6.07) is 0.718. The van der Waals surface area contributed by atoms with Gasteiger partial charge in [0.2, 0.25) is 0 Å². The highest BCUT2D eigenvalue weighted by Crippen LogP contribution is 2.20. The average molecular weight is 160 g/mol. The van der Waals surface area contributed by atoms with E-state index in [4.69, 9.17) is 0 Å². The number of hydrogen-bond acceptors (Lipinski definition) is 3. The Balaban J connectivity index is 2.14. The predicted octanol–water partition coefficient (Wildman–Crippen LogP) is 0.905. The largest absolute Gasteiger partial charge is 0.320 e. The van der Waals surface area contributed by atoms with Gasteiger partial charge in [0.25, 0.3) is 0 Å². The molecular formula is C7H16N2S. The van der Waals surface area contributed by atoms with Crippen LogP contribution in [-0.4, -0.2) is 30.5 Å². The molecule has 0 aromatic heterocycles. The van der Waals surface area contributed by atoms with Crippen LogP contribution in [0.5, 0.6) is 0 Å². The van der Waals surface area contributed by atoms with E-state index in [0.29, 0.717) is 0 Å². The van der Waals surface area contributed by atoms with E-state index in [-0.39, 0.29) is 0 Å². The summed E-state index contributed by atoms with van der Waals surface area (Å²) in [5, 5.41) is 3.15. The number of nitrogens with one attached hydrogen (secondary N) is 1. The minimum atomic E-state index is 0.718. The van der Waals surface area contributed by atoms with Gasteiger partial charge < -0.3 is 5.32 Å². The van der Waals surface area contributed by atoms with Gasteiger partial charge in [-0.25, -0.2) is 0 Å². The average Bonchev–Trinajstić information content (AvgIpc) is 2.31. The fraction of sp³-hybridized carbons (Fsp3) is 1.00. The first kappa shape index (κ1) is 8.37. The van der Waals surface area contributed by atoms with Gasteiger partial charge in [0.05, 0.1) is 0 Å². The number of thiol groups is 1. The van der Waals surface area contributed by atoms with Crippen molar-refractivity contribution in [3.63, 3.8) is 0 Å². The summed E-state index contributed by atoms with van der Waals surface area (Å²) >= 11 is 4.37. The Labute approximate surface area is 68.5 Å². The first-order valence-electron chi connectivity index (χ1n) is 3.94. The van der Waals surface area contributed by atoms with Gasteiger partial charge in [-0.2, -0.15) is 0 Å². The summed E-state index contributed by atoms with van der Waals surface area (Å²) < 4.78 is 2.16. The lowest BCUT2D eigenvalue weighted by Gasteiger charge is -2.17. The number of hydrogen-bond donors (Lipinski definition) is 2. The minimum Gasteiger partial charge on any atom is -0.320 e. The molecule has 1 rings (SSSR count). The van der Waals surface area contributed by atoms with E-state index in [1.165, 1.54) is 19.3 Å². The molecule has 1 saturated heterocycles. The minimum absolute atomic E-state index is 0.718. The highest BCUT2D eigenvalue weighted by Gasteiger charge is 2.20. The molecule has 1 unspecified atom stereocenters. The van der Waals surface area contributed by atoms with Gasteiger partial charge in [0.15, 0.2) is 0 Å². The van der Waals surface area contributed by atoms with Crippen molar-refractivity contribution >= 4 is 12.8 Å². The van der Waals surface area contributed by atoms with Crippen LogP contribution in [0.3, 0.4) is 0 Å². The lowest BCUT2D eigenvalue weighted by atomic mass is 10.2. The quantitative estimate of drug-likeness (QED) is 0.597. The molecular weight excluding hydrogens is 144 g/mol. The maximum Gasteiger partial charge on any atom is 0.0212 e. The van der Waals surface area contributed by atoms with Crippen LogP contribution in [0.1, 0.15) is 19.3 Å². The summed E-state index contributed by atoms with van der Waals surface area (Å²) in [4.78, 5) is 0. The number of rotatable bonds is 3. The van der Waals surface area contributed by atoms with Gasteiger partial charge in [-0.3, -0.25) is 4.31 Å². The normalized spacial score (nSPS) is 27.6. The van der Waals surface area contributed by atoms with Crippen molar-refractivity contribution in [2.45, 2.75) is 25.3 Å². The van der Waals surface area contributed by atoms with Crippen molar-refractivity contribution in [1.29, 1.82) is 0 Å². The molecule has 1 aliphatic heterocycles. The molecule has 0 amide bonds. The van der Waals surface area contributed by atoms with Crippen LogP contribution in [0.2, 0.25) is 0 Å². The smallest absolute Gasteiger partial charge is 0.0212 e. The molecule has 3 heteroatoms. The Morgan fingerprint density at radius 1 is 1.70 bits per heavy atom. The second-order valence-corrected chi connectivity index (χ2v) is 3.37. The summed E-state index contributed by atoms with van der Waals surface area (Å²) in [6.45, 7) is 2.28. The monoisotopic (exact) mass is 160 g/mol. The molecule has 10 heavy (non-hydrogen) atoms. The molecule has 0 spiro atoms. The SMILES string of the molecule is CNCCC1CCCN1S. The van der Waals surface area contributed by atoms with Gasteiger partial charge in [-0.05, 0) is 32.9 Å². The highest BCUT2D eigenvalue weighted by molar-refractivity contribution is 7.77. The van der Waals surface area contributed by atoms with Crippen LogP contribution in [0.15, 0.2) is 0 Å². The zero-order valence-corrected chi connectivity index (χ0v) is 7.40. The molecule has 1 fully saturated rings. The molecule has 1 heterocycles. The first-order valence-corrected chi connectivity index (χ1v) is 4.34. The third-order valence-electron chi connectivity index (χ3n) is 2.07. The standard InChI is InChI=1S/C7H16N2S/c1-8-5-4-7-3-2-6-9(7)10/h7-8,10H,2-6H2,1H3. The summed E-state index contributed by atoms with van der Waals surface area (Å²) in [7, 11) is 2.00. The maximum atomic E-state index is 4.37. The molecule has 0 saturated carbocycles. The van der Waals surface area contributed by atoms with Crippen LogP contribution >= 0.6 is 12.8 Å². The lowest BCUT2D eigenvalue weighted by Crippen LogP contribution is -2.24. The van der Waals surface area contributed by atoms with Crippen molar-refractivity contribution in [1.82, 2.24) is 9.62 Å². The molecule has 60 valence electrons. The summed E-state index contributed by atoms with van der Waals surface area (Å²) in [6.07, 6.45) is 3.88. The molecule has 0 radical (unpaired) electrons. The second-order valence-electron chi connectivity index (χ2n) is 2.85. The predicted molar refractivity (Wildman–Crippen MR) is 47.3 cm³/mol. The fourth-order valence-electron chi connectivity index (χ4n) is 1.42. The lowest BCUT2D eigenvalue weighted by molar-refractivity contribution is 0.412. The van der Waals surface area contributed by atoms with Crippen LogP contribution < -0.4 is 5.32 Å².